The topological polar surface area (TPSA) is 42.0 Å². The summed E-state index contributed by atoms with van der Waals surface area (Å²) in [5.41, 5.74) is 18.5. The predicted molar refractivity (Wildman–Crippen MR) is 221 cm³/mol. The number of hydrogen-bond donors (Lipinski definition) is 0. The van der Waals surface area contributed by atoms with Crippen molar-refractivity contribution in [2.45, 2.75) is 91.9 Å². The van der Waals surface area contributed by atoms with Crippen molar-refractivity contribution in [1.29, 1.82) is 0 Å². The molecule has 0 spiro atoms. The SMILES string of the molecule is C=Cc1c2c(n(C(=C)N=C(N=C(C)C3=CCCCC3)c3ccccc3)c1CC)CCC(c1ccc3c(c1)C(C)(C)c1ccc(N=CC)c(C)c1-3)=C2. The molecular weight excluding hydrogens is 621 g/mol. The van der Waals surface area contributed by atoms with Gasteiger partial charge in [-0.25, -0.2) is 9.98 Å². The predicted octanol–water partition coefficient (Wildman–Crippen LogP) is 12.4. The van der Waals surface area contributed by atoms with Crippen molar-refractivity contribution < 1.29 is 0 Å². The summed E-state index contributed by atoms with van der Waals surface area (Å²) in [4.78, 5) is 15.0. The molecule has 0 atom stereocenters. The first-order valence-electron chi connectivity index (χ1n) is 18.6. The highest BCUT2D eigenvalue weighted by atomic mass is 15.1. The Balaban J connectivity index is 1.30. The molecule has 4 heteroatoms. The number of fused-ring (bicyclic) bond motifs is 4. The Morgan fingerprint density at radius 1 is 0.961 bits per heavy atom. The van der Waals surface area contributed by atoms with Crippen molar-refractivity contribution in [3.63, 3.8) is 0 Å². The molecule has 0 amide bonds. The molecule has 0 unspecified atom stereocenters. The average molecular weight is 671 g/mol. The fourth-order valence-corrected chi connectivity index (χ4v) is 8.52. The van der Waals surface area contributed by atoms with E-state index >= 15 is 0 Å². The van der Waals surface area contributed by atoms with Crippen LogP contribution in [0.2, 0.25) is 0 Å². The third-order valence-corrected chi connectivity index (χ3v) is 11.2. The highest BCUT2D eigenvalue weighted by Gasteiger charge is 2.37. The van der Waals surface area contributed by atoms with Gasteiger partial charge in [0.05, 0.1) is 5.69 Å². The van der Waals surface area contributed by atoms with E-state index in [4.69, 9.17) is 9.98 Å². The summed E-state index contributed by atoms with van der Waals surface area (Å²) >= 11 is 0. The average Bonchev–Trinajstić information content (AvgIpc) is 3.60. The minimum Gasteiger partial charge on any atom is -0.302 e. The fraction of sp³-hybridized carbons (Fsp3) is 0.298. The highest BCUT2D eigenvalue weighted by Crippen LogP contribution is 2.52. The normalized spacial score (nSPS) is 16.7. The van der Waals surface area contributed by atoms with Gasteiger partial charge in [-0.3, -0.25) is 4.99 Å². The van der Waals surface area contributed by atoms with Crippen LogP contribution in [-0.4, -0.2) is 22.3 Å². The van der Waals surface area contributed by atoms with Crippen LogP contribution >= 0.6 is 0 Å². The Labute approximate surface area is 304 Å². The zero-order valence-corrected chi connectivity index (χ0v) is 31.2. The number of rotatable bonds is 8. The van der Waals surface area contributed by atoms with Crippen molar-refractivity contribution >= 4 is 47.0 Å². The molecule has 0 aliphatic heterocycles. The largest absolute Gasteiger partial charge is 0.302 e. The third-order valence-electron chi connectivity index (χ3n) is 11.2. The minimum atomic E-state index is -0.0914. The molecule has 258 valence electrons. The molecule has 3 aliphatic carbocycles. The van der Waals surface area contributed by atoms with Gasteiger partial charge in [0, 0.05) is 45.4 Å². The molecule has 4 nitrogen and oxygen atoms in total. The maximum absolute atomic E-state index is 5.20. The van der Waals surface area contributed by atoms with Crippen molar-refractivity contribution in [1.82, 2.24) is 4.57 Å². The Bertz CT molecular complexity index is 2210. The summed E-state index contributed by atoms with van der Waals surface area (Å²) in [5, 5.41) is 0. The first-order chi connectivity index (χ1) is 24.7. The van der Waals surface area contributed by atoms with Crippen LogP contribution in [0.25, 0.3) is 34.7 Å². The molecule has 0 saturated heterocycles. The summed E-state index contributed by atoms with van der Waals surface area (Å²) < 4.78 is 2.29. The van der Waals surface area contributed by atoms with E-state index in [-0.39, 0.29) is 5.41 Å². The molecule has 1 aromatic heterocycles. The summed E-state index contributed by atoms with van der Waals surface area (Å²) in [6.45, 7) is 22.1. The van der Waals surface area contributed by atoms with Crippen LogP contribution in [-0.2, 0) is 18.3 Å². The number of benzene rings is 3. The lowest BCUT2D eigenvalue weighted by molar-refractivity contribution is 0.660. The van der Waals surface area contributed by atoms with Crippen LogP contribution in [0, 0.1) is 6.92 Å². The zero-order chi connectivity index (χ0) is 35.9. The number of nitrogens with zero attached hydrogens (tertiary/aromatic N) is 4. The van der Waals surface area contributed by atoms with Crippen LogP contribution in [0.15, 0.2) is 100 Å². The number of amidine groups is 1. The van der Waals surface area contributed by atoms with Gasteiger partial charge in [0.15, 0.2) is 5.84 Å². The van der Waals surface area contributed by atoms with Gasteiger partial charge < -0.3 is 4.57 Å². The maximum atomic E-state index is 5.20. The molecule has 3 aliphatic rings. The summed E-state index contributed by atoms with van der Waals surface area (Å²) in [7, 11) is 0. The van der Waals surface area contributed by atoms with Crippen LogP contribution < -0.4 is 0 Å². The monoisotopic (exact) mass is 670 g/mol. The van der Waals surface area contributed by atoms with Crippen LogP contribution in [0.4, 0.5) is 5.69 Å². The summed E-state index contributed by atoms with van der Waals surface area (Å²) in [6, 6.07) is 21.9. The van der Waals surface area contributed by atoms with Gasteiger partial charge in [-0.15, -0.1) is 0 Å². The Kier molecular flexibility index (Phi) is 9.37. The summed E-state index contributed by atoms with van der Waals surface area (Å²) in [6.07, 6.45) is 16.0. The van der Waals surface area contributed by atoms with Gasteiger partial charge in [0.1, 0.15) is 5.82 Å². The molecule has 51 heavy (non-hydrogen) atoms. The van der Waals surface area contributed by atoms with Crippen LogP contribution in [0.5, 0.6) is 0 Å². The standard InChI is InChI=1S/C47H50N4/c1-9-37-39-28-35(36-22-24-38-41(29-36)47(7,8)40-25-26-42(48-11-3)30(4)45(38)40)23-27-44(39)51(43(37)10-2)32(6)50-46(34-20-16-13-17-21-34)49-31(5)33-18-14-12-15-19-33/h9,11,13,16-18,20-22,24-26,28-29H,1,6,10,12,14-15,19,23,27H2,2-5,7-8H3. The first kappa shape index (κ1) is 34.4. The van der Waals surface area contributed by atoms with Crippen LogP contribution in [0.1, 0.15) is 117 Å². The fourth-order valence-electron chi connectivity index (χ4n) is 8.52. The van der Waals surface area contributed by atoms with E-state index in [0.29, 0.717) is 11.7 Å². The van der Waals surface area contributed by atoms with Crippen molar-refractivity contribution in [2.24, 2.45) is 15.0 Å². The van der Waals surface area contributed by atoms with Gasteiger partial charge >= 0.3 is 0 Å². The molecule has 3 aromatic carbocycles. The molecule has 0 radical (unpaired) electrons. The smallest absolute Gasteiger partial charge is 0.161 e. The van der Waals surface area contributed by atoms with Crippen LogP contribution in [0.3, 0.4) is 0 Å². The minimum absolute atomic E-state index is 0.0914. The van der Waals surface area contributed by atoms with E-state index in [9.17, 15) is 0 Å². The first-order valence-corrected chi connectivity index (χ1v) is 18.6. The van der Waals surface area contributed by atoms with Gasteiger partial charge in [0.25, 0.3) is 0 Å². The lowest BCUT2D eigenvalue weighted by Crippen LogP contribution is -2.15. The second-order valence-electron chi connectivity index (χ2n) is 14.6. The molecular formula is C47H50N4. The van der Waals surface area contributed by atoms with Gasteiger partial charge in [-0.05, 0) is 128 Å². The number of hydrogen-bond acceptors (Lipinski definition) is 2. The van der Waals surface area contributed by atoms with E-state index in [1.165, 1.54) is 79.9 Å². The Morgan fingerprint density at radius 3 is 2.47 bits per heavy atom. The quantitative estimate of drug-likeness (QED) is 0.132. The molecule has 7 rings (SSSR count). The summed E-state index contributed by atoms with van der Waals surface area (Å²) in [5.74, 6) is 1.40. The second-order valence-corrected chi connectivity index (χ2v) is 14.6. The highest BCUT2D eigenvalue weighted by molar-refractivity contribution is 6.12. The number of aromatic nitrogens is 1. The molecule has 0 fully saturated rings. The molecule has 4 aromatic rings. The molecule has 0 saturated carbocycles. The number of allylic oxidation sites excluding steroid dienone is 3. The molecule has 1 heterocycles. The second kappa shape index (κ2) is 13.9. The lowest BCUT2D eigenvalue weighted by atomic mass is 9.80. The van der Waals surface area contributed by atoms with Crippen molar-refractivity contribution in [2.75, 3.05) is 0 Å². The molecule has 0 N–H and O–H groups in total. The maximum Gasteiger partial charge on any atom is 0.161 e. The Hall–Kier alpha value is -5.09. The van der Waals surface area contributed by atoms with E-state index in [1.54, 1.807) is 0 Å². The number of aliphatic imine (C=N–C) groups is 3. The van der Waals surface area contributed by atoms with Crippen molar-refractivity contribution in [3.8, 4) is 11.1 Å². The van der Waals surface area contributed by atoms with Gasteiger partial charge in [0.2, 0.25) is 0 Å². The van der Waals surface area contributed by atoms with E-state index < -0.39 is 0 Å². The van der Waals surface area contributed by atoms with Crippen molar-refractivity contribution in [3.05, 3.63) is 136 Å². The van der Waals surface area contributed by atoms with Gasteiger partial charge in [-0.1, -0.05) is 94.6 Å². The third kappa shape index (κ3) is 6.05. The van der Waals surface area contributed by atoms with E-state index in [1.807, 2.05) is 37.4 Å². The lowest BCUT2D eigenvalue weighted by Gasteiger charge is -2.23. The zero-order valence-electron chi connectivity index (χ0n) is 31.2. The van der Waals surface area contributed by atoms with E-state index in [0.717, 1.165) is 49.1 Å². The molecule has 0 bridgehead atoms. The van der Waals surface area contributed by atoms with Gasteiger partial charge in [-0.2, -0.15) is 0 Å². The van der Waals surface area contributed by atoms with E-state index in [2.05, 4.69) is 112 Å². The Morgan fingerprint density at radius 2 is 1.76 bits per heavy atom.